The molecule has 1 aromatic heterocycles. The summed E-state index contributed by atoms with van der Waals surface area (Å²) in [5.74, 6) is 2.47. The average molecular weight is 404 g/mol. The van der Waals surface area contributed by atoms with Gasteiger partial charge in [0.1, 0.15) is 5.75 Å². The number of aryl methyl sites for hydroxylation is 1. The Kier molecular flexibility index (Phi) is 5.30. The van der Waals surface area contributed by atoms with Crippen molar-refractivity contribution in [3.8, 4) is 5.75 Å². The molecule has 0 saturated heterocycles. The van der Waals surface area contributed by atoms with Gasteiger partial charge in [-0.25, -0.2) is 0 Å². The number of hydrogen-bond donors (Lipinski definition) is 3. The number of hydrogen-bond acceptors (Lipinski definition) is 3. The lowest BCUT2D eigenvalue weighted by atomic mass is 9.71. The van der Waals surface area contributed by atoms with Gasteiger partial charge in [0.05, 0.1) is 7.11 Å². The Labute approximate surface area is 179 Å². The third-order valence-corrected chi connectivity index (χ3v) is 7.12. The van der Waals surface area contributed by atoms with Crippen LogP contribution in [0, 0.1) is 12.8 Å². The molecule has 30 heavy (non-hydrogen) atoms. The predicted molar refractivity (Wildman–Crippen MR) is 123 cm³/mol. The number of nitrogens with one attached hydrogen (secondary N) is 2. The second-order valence-electron chi connectivity index (χ2n) is 9.27. The van der Waals surface area contributed by atoms with Crippen molar-refractivity contribution >= 4 is 10.9 Å². The van der Waals surface area contributed by atoms with Crippen LogP contribution in [0.25, 0.3) is 10.9 Å². The minimum Gasteiger partial charge on any atom is -0.497 e. The summed E-state index contributed by atoms with van der Waals surface area (Å²) in [6.07, 6.45) is 4.80. The minimum absolute atomic E-state index is 0.105. The molecule has 2 aliphatic rings. The second-order valence-corrected chi connectivity index (χ2v) is 9.27. The van der Waals surface area contributed by atoms with E-state index in [2.05, 4.69) is 53.6 Å². The lowest BCUT2D eigenvalue weighted by Gasteiger charge is -2.37. The van der Waals surface area contributed by atoms with Gasteiger partial charge in [0.25, 0.3) is 0 Å². The zero-order chi connectivity index (χ0) is 20.7. The minimum atomic E-state index is 0.105. The fourth-order valence-corrected chi connectivity index (χ4v) is 5.16. The Bertz CT molecular complexity index is 1020. The maximum Gasteiger partial charge on any atom is 0.119 e. The molecule has 0 bridgehead atoms. The van der Waals surface area contributed by atoms with E-state index in [0.717, 1.165) is 37.6 Å². The molecule has 0 radical (unpaired) electrons. The molecule has 2 aromatic carbocycles. The van der Waals surface area contributed by atoms with Gasteiger partial charge in [-0.1, -0.05) is 29.8 Å². The molecule has 0 unspecified atom stereocenters. The molecule has 4 heteroatoms. The molecule has 0 aliphatic heterocycles. The van der Waals surface area contributed by atoms with Crippen LogP contribution < -0.4 is 15.8 Å². The van der Waals surface area contributed by atoms with Crippen LogP contribution in [0.5, 0.6) is 5.75 Å². The molecule has 3 aromatic rings. The van der Waals surface area contributed by atoms with Crippen molar-refractivity contribution < 1.29 is 4.74 Å². The molecular formula is C26H33N3O. The van der Waals surface area contributed by atoms with Gasteiger partial charge in [0.15, 0.2) is 0 Å². The highest BCUT2D eigenvalue weighted by Gasteiger charge is 2.37. The van der Waals surface area contributed by atoms with E-state index in [-0.39, 0.29) is 6.04 Å². The molecule has 2 aliphatic carbocycles. The summed E-state index contributed by atoms with van der Waals surface area (Å²) in [5, 5.41) is 4.95. The smallest absolute Gasteiger partial charge is 0.119 e. The number of benzene rings is 2. The lowest BCUT2D eigenvalue weighted by molar-refractivity contribution is 0.391. The maximum absolute atomic E-state index is 7.01. The lowest BCUT2D eigenvalue weighted by Crippen LogP contribution is -2.41. The Morgan fingerprint density at radius 1 is 1.13 bits per heavy atom. The van der Waals surface area contributed by atoms with Gasteiger partial charge in [-0.2, -0.15) is 0 Å². The van der Waals surface area contributed by atoms with Gasteiger partial charge in [0, 0.05) is 34.5 Å². The van der Waals surface area contributed by atoms with Crippen LogP contribution in [-0.2, 0) is 6.42 Å². The summed E-state index contributed by atoms with van der Waals surface area (Å²) in [6, 6.07) is 15.4. The van der Waals surface area contributed by atoms with E-state index in [9.17, 15) is 0 Å². The normalized spacial score (nSPS) is 23.5. The molecule has 5 rings (SSSR count). The highest BCUT2D eigenvalue weighted by molar-refractivity contribution is 5.87. The molecule has 4 nitrogen and oxygen atoms in total. The highest BCUT2D eigenvalue weighted by atomic mass is 16.5. The molecular weight excluding hydrogens is 370 g/mol. The standard InChI is InChI=1S/C26H33N3O/c1-16-3-7-18(8-4-16)21-14-24-25(22-13-19(30-2)9-10-23(22)29-24)20(26(21)27)11-12-28-15-17-5-6-17/h3-4,7-10,13,17,20-21,26,28-29H,5-6,11-12,14-15,27H2,1-2H3/t20-,21-,26+/m1/s1. The first-order valence-electron chi connectivity index (χ1n) is 11.4. The first-order chi connectivity index (χ1) is 14.6. The van der Waals surface area contributed by atoms with Crippen LogP contribution in [0.15, 0.2) is 42.5 Å². The van der Waals surface area contributed by atoms with E-state index in [1.807, 2.05) is 6.07 Å². The molecule has 1 saturated carbocycles. The van der Waals surface area contributed by atoms with Gasteiger partial charge in [-0.3, -0.25) is 0 Å². The van der Waals surface area contributed by atoms with Gasteiger partial charge in [0.2, 0.25) is 0 Å². The number of fused-ring (bicyclic) bond motifs is 3. The second kappa shape index (κ2) is 8.09. The maximum atomic E-state index is 7.01. The third-order valence-electron chi connectivity index (χ3n) is 7.12. The number of ether oxygens (including phenoxy) is 1. The SMILES string of the molecule is COc1ccc2[nH]c3c(c2c1)[C@@H](CCNCC1CC1)[C@H](N)[C@@H](c1ccc(C)cc1)C3. The predicted octanol–water partition coefficient (Wildman–Crippen LogP) is 4.63. The fourth-order valence-electron chi connectivity index (χ4n) is 5.16. The third kappa shape index (κ3) is 3.75. The van der Waals surface area contributed by atoms with Crippen LogP contribution >= 0.6 is 0 Å². The summed E-state index contributed by atoms with van der Waals surface area (Å²) in [7, 11) is 1.73. The van der Waals surface area contributed by atoms with E-state index in [1.54, 1.807) is 7.11 Å². The van der Waals surface area contributed by atoms with E-state index < -0.39 is 0 Å². The molecule has 1 fully saturated rings. The molecule has 158 valence electrons. The number of aromatic amines is 1. The number of methoxy groups -OCH3 is 1. The van der Waals surface area contributed by atoms with Crippen molar-refractivity contribution in [1.82, 2.24) is 10.3 Å². The topological polar surface area (TPSA) is 63.1 Å². The van der Waals surface area contributed by atoms with E-state index in [4.69, 9.17) is 10.5 Å². The van der Waals surface area contributed by atoms with Crippen molar-refractivity contribution in [2.45, 2.75) is 50.5 Å². The average Bonchev–Trinajstić information content (AvgIpc) is 3.51. The van der Waals surface area contributed by atoms with Gasteiger partial charge in [-0.15, -0.1) is 0 Å². The molecule has 0 amide bonds. The van der Waals surface area contributed by atoms with Crippen molar-refractivity contribution in [2.75, 3.05) is 20.2 Å². The molecule has 4 N–H and O–H groups in total. The Morgan fingerprint density at radius 3 is 2.67 bits per heavy atom. The monoisotopic (exact) mass is 403 g/mol. The zero-order valence-electron chi connectivity index (χ0n) is 18.1. The largest absolute Gasteiger partial charge is 0.497 e. The van der Waals surface area contributed by atoms with Crippen molar-refractivity contribution in [3.05, 3.63) is 64.8 Å². The van der Waals surface area contributed by atoms with E-state index in [1.165, 1.54) is 46.1 Å². The highest BCUT2D eigenvalue weighted by Crippen LogP contribution is 2.44. The molecule has 0 spiro atoms. The van der Waals surface area contributed by atoms with Crippen molar-refractivity contribution in [2.24, 2.45) is 11.7 Å². The summed E-state index contributed by atoms with van der Waals surface area (Å²) in [6.45, 7) is 4.31. The van der Waals surface area contributed by atoms with Gasteiger partial charge < -0.3 is 20.8 Å². The van der Waals surface area contributed by atoms with Crippen LogP contribution in [-0.4, -0.2) is 31.2 Å². The van der Waals surface area contributed by atoms with Gasteiger partial charge in [-0.05, 0) is 80.9 Å². The van der Waals surface area contributed by atoms with E-state index >= 15 is 0 Å². The molecule has 1 heterocycles. The Hall–Kier alpha value is -2.30. The quantitative estimate of drug-likeness (QED) is 0.504. The van der Waals surface area contributed by atoms with E-state index in [0.29, 0.717) is 11.8 Å². The summed E-state index contributed by atoms with van der Waals surface area (Å²) >= 11 is 0. The number of H-pyrrole nitrogens is 1. The number of aromatic nitrogens is 1. The van der Waals surface area contributed by atoms with Gasteiger partial charge >= 0.3 is 0 Å². The zero-order valence-corrected chi connectivity index (χ0v) is 18.1. The van der Waals surface area contributed by atoms with Crippen LogP contribution in [0.3, 0.4) is 0 Å². The van der Waals surface area contributed by atoms with Crippen molar-refractivity contribution in [3.63, 3.8) is 0 Å². The van der Waals surface area contributed by atoms with Crippen LogP contribution in [0.2, 0.25) is 0 Å². The van der Waals surface area contributed by atoms with Crippen LogP contribution in [0.4, 0.5) is 0 Å². The summed E-state index contributed by atoms with van der Waals surface area (Å²) < 4.78 is 5.52. The Balaban J connectivity index is 1.50. The first-order valence-corrected chi connectivity index (χ1v) is 11.4. The van der Waals surface area contributed by atoms with Crippen LogP contribution in [0.1, 0.15) is 53.5 Å². The summed E-state index contributed by atoms with van der Waals surface area (Å²) in [5.41, 5.74) is 13.6. The molecule has 3 atom stereocenters. The summed E-state index contributed by atoms with van der Waals surface area (Å²) in [4.78, 5) is 3.72. The van der Waals surface area contributed by atoms with Crippen molar-refractivity contribution in [1.29, 1.82) is 0 Å². The Morgan fingerprint density at radius 2 is 1.93 bits per heavy atom. The number of rotatable bonds is 7. The fraction of sp³-hybridized carbons (Fsp3) is 0.462. The number of nitrogens with two attached hydrogens (primary N) is 1. The first kappa shape index (κ1) is 19.7.